The maximum absolute atomic E-state index is 13.2. The molecule has 0 aromatic heterocycles. The quantitative estimate of drug-likeness (QED) is 0.917. The number of benzene rings is 2. The molecule has 1 heterocycles. The second-order valence-corrected chi connectivity index (χ2v) is 6.40. The number of anilines is 2. The van der Waals surface area contributed by atoms with Crippen molar-refractivity contribution >= 4 is 23.2 Å². The summed E-state index contributed by atoms with van der Waals surface area (Å²) in [6.45, 7) is 4.25. The van der Waals surface area contributed by atoms with Crippen molar-refractivity contribution in [1.82, 2.24) is 4.90 Å². The van der Waals surface area contributed by atoms with E-state index in [1.807, 2.05) is 29.2 Å². The lowest BCUT2D eigenvalue weighted by atomic mass is 10.1. The van der Waals surface area contributed by atoms with Gasteiger partial charge in [0.05, 0.1) is 6.42 Å². The van der Waals surface area contributed by atoms with Crippen LogP contribution in [0, 0.1) is 5.82 Å². The van der Waals surface area contributed by atoms with Gasteiger partial charge in [0.1, 0.15) is 5.82 Å². The molecule has 1 aliphatic rings. The zero-order chi connectivity index (χ0) is 18.5. The molecular weight excluding hydrogens is 333 g/mol. The molecule has 1 N–H and O–H groups in total. The largest absolute Gasteiger partial charge is 0.368 e. The molecule has 0 aliphatic carbocycles. The van der Waals surface area contributed by atoms with E-state index in [2.05, 4.69) is 10.2 Å². The standard InChI is InChI=1S/C20H22FN3O2/c1-15(25)22-18-5-7-19(8-6-18)23-9-11-24(12-10-23)20(26)14-16-3-2-4-17(21)13-16/h2-8,13H,9-12,14H2,1H3,(H,22,25). The molecule has 0 bridgehead atoms. The SMILES string of the molecule is CC(=O)Nc1ccc(N2CCN(C(=O)Cc3cccc(F)c3)CC2)cc1. The van der Waals surface area contributed by atoms with Gasteiger partial charge < -0.3 is 15.1 Å². The average molecular weight is 355 g/mol. The zero-order valence-electron chi connectivity index (χ0n) is 14.7. The Balaban J connectivity index is 1.53. The van der Waals surface area contributed by atoms with Crippen molar-refractivity contribution < 1.29 is 14.0 Å². The third-order valence-electron chi connectivity index (χ3n) is 4.43. The summed E-state index contributed by atoms with van der Waals surface area (Å²) in [6, 6.07) is 13.9. The number of amides is 2. The Bertz CT molecular complexity index is 784. The second kappa shape index (κ2) is 7.99. The van der Waals surface area contributed by atoms with E-state index >= 15 is 0 Å². The number of halogens is 1. The molecule has 26 heavy (non-hydrogen) atoms. The molecule has 1 saturated heterocycles. The Labute approximate surface area is 152 Å². The summed E-state index contributed by atoms with van der Waals surface area (Å²) in [5.41, 5.74) is 2.53. The maximum Gasteiger partial charge on any atom is 0.227 e. The van der Waals surface area contributed by atoms with E-state index < -0.39 is 0 Å². The Morgan fingerprint density at radius 3 is 2.35 bits per heavy atom. The van der Waals surface area contributed by atoms with Crippen molar-refractivity contribution in [3.8, 4) is 0 Å². The summed E-state index contributed by atoms with van der Waals surface area (Å²) in [5.74, 6) is -0.387. The van der Waals surface area contributed by atoms with Crippen LogP contribution in [0.2, 0.25) is 0 Å². The second-order valence-electron chi connectivity index (χ2n) is 6.40. The van der Waals surface area contributed by atoms with Gasteiger partial charge in [-0.15, -0.1) is 0 Å². The van der Waals surface area contributed by atoms with E-state index in [0.717, 1.165) is 24.5 Å². The van der Waals surface area contributed by atoms with Crippen LogP contribution in [0.3, 0.4) is 0 Å². The third-order valence-corrected chi connectivity index (χ3v) is 4.43. The van der Waals surface area contributed by atoms with Gasteiger partial charge in [0.15, 0.2) is 0 Å². The van der Waals surface area contributed by atoms with Gasteiger partial charge in [0.2, 0.25) is 11.8 Å². The Morgan fingerprint density at radius 2 is 1.73 bits per heavy atom. The lowest BCUT2D eigenvalue weighted by Crippen LogP contribution is -2.49. The molecule has 0 spiro atoms. The molecule has 0 unspecified atom stereocenters. The Kier molecular flexibility index (Phi) is 5.51. The van der Waals surface area contributed by atoms with Gasteiger partial charge in [-0.3, -0.25) is 9.59 Å². The highest BCUT2D eigenvalue weighted by molar-refractivity contribution is 5.88. The van der Waals surface area contributed by atoms with Crippen molar-refractivity contribution in [1.29, 1.82) is 0 Å². The number of piperazine rings is 1. The summed E-state index contributed by atoms with van der Waals surface area (Å²) in [6.07, 6.45) is 0.225. The van der Waals surface area contributed by atoms with Gasteiger partial charge in [-0.1, -0.05) is 12.1 Å². The monoisotopic (exact) mass is 355 g/mol. The van der Waals surface area contributed by atoms with Crippen LogP contribution in [0.25, 0.3) is 0 Å². The van der Waals surface area contributed by atoms with Crippen LogP contribution >= 0.6 is 0 Å². The molecule has 0 radical (unpaired) electrons. The molecule has 1 aliphatic heterocycles. The van der Waals surface area contributed by atoms with Crippen LogP contribution in [0.5, 0.6) is 0 Å². The van der Waals surface area contributed by atoms with E-state index in [1.165, 1.54) is 19.1 Å². The fraction of sp³-hybridized carbons (Fsp3) is 0.300. The minimum absolute atomic E-state index is 0.0243. The number of carbonyl (C=O) groups is 2. The van der Waals surface area contributed by atoms with Crippen molar-refractivity contribution in [3.63, 3.8) is 0 Å². The summed E-state index contributed by atoms with van der Waals surface area (Å²) in [4.78, 5) is 27.5. The van der Waals surface area contributed by atoms with Gasteiger partial charge in [-0.2, -0.15) is 0 Å². The van der Waals surface area contributed by atoms with Gasteiger partial charge in [0.25, 0.3) is 0 Å². The topological polar surface area (TPSA) is 52.7 Å². The zero-order valence-corrected chi connectivity index (χ0v) is 14.7. The molecule has 2 amide bonds. The Morgan fingerprint density at radius 1 is 1.04 bits per heavy atom. The van der Waals surface area contributed by atoms with E-state index in [0.29, 0.717) is 18.7 Å². The van der Waals surface area contributed by atoms with Crippen molar-refractivity contribution in [3.05, 3.63) is 59.9 Å². The van der Waals surface area contributed by atoms with E-state index in [4.69, 9.17) is 0 Å². The first-order valence-corrected chi connectivity index (χ1v) is 8.66. The van der Waals surface area contributed by atoms with Crippen LogP contribution in [-0.2, 0) is 16.0 Å². The summed E-state index contributed by atoms with van der Waals surface area (Å²) in [7, 11) is 0. The minimum Gasteiger partial charge on any atom is -0.368 e. The Hall–Kier alpha value is -2.89. The number of nitrogens with one attached hydrogen (secondary N) is 1. The third kappa shape index (κ3) is 4.59. The van der Waals surface area contributed by atoms with E-state index in [1.54, 1.807) is 12.1 Å². The smallest absolute Gasteiger partial charge is 0.227 e. The molecule has 0 saturated carbocycles. The number of nitrogens with zero attached hydrogens (tertiary/aromatic N) is 2. The lowest BCUT2D eigenvalue weighted by molar-refractivity contribution is -0.130. The van der Waals surface area contributed by atoms with Crippen LogP contribution in [0.15, 0.2) is 48.5 Å². The number of rotatable bonds is 4. The summed E-state index contributed by atoms with van der Waals surface area (Å²) in [5, 5.41) is 2.75. The van der Waals surface area contributed by atoms with Crippen LogP contribution in [0.1, 0.15) is 12.5 Å². The fourth-order valence-electron chi connectivity index (χ4n) is 3.11. The van der Waals surface area contributed by atoms with Gasteiger partial charge >= 0.3 is 0 Å². The highest BCUT2D eigenvalue weighted by Crippen LogP contribution is 2.20. The first kappa shape index (κ1) is 17.9. The van der Waals surface area contributed by atoms with Crippen LogP contribution < -0.4 is 10.2 Å². The molecule has 136 valence electrons. The number of carbonyl (C=O) groups excluding carboxylic acids is 2. The molecule has 6 heteroatoms. The van der Waals surface area contributed by atoms with Gasteiger partial charge in [0, 0.05) is 44.5 Å². The van der Waals surface area contributed by atoms with Crippen molar-refractivity contribution in [2.45, 2.75) is 13.3 Å². The van der Waals surface area contributed by atoms with Crippen LogP contribution in [-0.4, -0.2) is 42.9 Å². The normalized spacial score (nSPS) is 14.2. The number of hydrogen-bond donors (Lipinski definition) is 1. The predicted octanol–water partition coefficient (Wildman–Crippen LogP) is 2.68. The highest BCUT2D eigenvalue weighted by Gasteiger charge is 2.21. The molecular formula is C20H22FN3O2. The molecule has 0 atom stereocenters. The average Bonchev–Trinajstić information content (AvgIpc) is 2.62. The molecule has 2 aromatic rings. The molecule has 2 aromatic carbocycles. The van der Waals surface area contributed by atoms with Gasteiger partial charge in [-0.05, 0) is 42.0 Å². The van der Waals surface area contributed by atoms with E-state index in [9.17, 15) is 14.0 Å². The van der Waals surface area contributed by atoms with Crippen molar-refractivity contribution in [2.75, 3.05) is 36.4 Å². The summed E-state index contributed by atoms with van der Waals surface area (Å²) >= 11 is 0. The van der Waals surface area contributed by atoms with Crippen molar-refractivity contribution in [2.24, 2.45) is 0 Å². The number of hydrogen-bond acceptors (Lipinski definition) is 3. The maximum atomic E-state index is 13.2. The van der Waals surface area contributed by atoms with Gasteiger partial charge in [-0.25, -0.2) is 4.39 Å². The predicted molar refractivity (Wildman–Crippen MR) is 99.6 cm³/mol. The molecule has 5 nitrogen and oxygen atoms in total. The molecule has 3 rings (SSSR count). The molecule has 1 fully saturated rings. The first-order valence-electron chi connectivity index (χ1n) is 8.66. The first-order chi connectivity index (χ1) is 12.5. The lowest BCUT2D eigenvalue weighted by Gasteiger charge is -2.36. The van der Waals surface area contributed by atoms with Crippen LogP contribution in [0.4, 0.5) is 15.8 Å². The fourth-order valence-corrected chi connectivity index (χ4v) is 3.11. The highest BCUT2D eigenvalue weighted by atomic mass is 19.1. The summed E-state index contributed by atoms with van der Waals surface area (Å²) < 4.78 is 13.2. The minimum atomic E-state index is -0.317. The van der Waals surface area contributed by atoms with E-state index in [-0.39, 0.29) is 24.1 Å².